The van der Waals surface area contributed by atoms with Crippen molar-refractivity contribution < 1.29 is 28.6 Å². The number of likely N-dealkylation sites (tertiary alicyclic amines) is 1. The average Bonchev–Trinajstić information content (AvgIpc) is 4.22. The summed E-state index contributed by atoms with van der Waals surface area (Å²) >= 11 is 0. The fraction of sp³-hybridized carbons (Fsp3) is 0.731. The molecule has 8 aliphatic carbocycles. The maximum Gasteiger partial charge on any atom is 0.341 e. The fourth-order valence-electron chi connectivity index (χ4n) is 21.2. The SMILES string of the molecule is CC1=C2C[C@H]3[C@@H](CC[C@@H]4Cc5[nH][nH]c(=O)c5C[C@@]43C)[C@@H]2CC[C@@]2(C1)O[C@@H]1C[C@H](C)CN[C@H]1[C@H]2C.COC(=O)C1=C[C@@]2(C)[C@H](CC[C@H]3[C@@H]4CC[C@@]5(CC(C)=C4C[C@@H]32)O[C@@H]2C[C@H](C)CN(CC(=O)c3ccccc3)[C@H]2[C@H]5C)CC1=O. The molecule has 11 heteroatoms. The minimum atomic E-state index is -0.482. The number of nitrogens with one attached hydrogen (secondary N) is 3. The number of carbonyl (C=O) groups is 3. The topological polar surface area (TPSA) is 143 Å². The Labute approximate surface area is 464 Å². The number of ketones is 2. The Morgan fingerprint density at radius 1 is 0.731 bits per heavy atom. The highest BCUT2D eigenvalue weighted by Crippen LogP contribution is 2.66. The Bertz CT molecular complexity index is 2880. The highest BCUT2D eigenvalue weighted by atomic mass is 16.5. The molecule has 14 rings (SSSR count). The normalized spacial score (nSPS) is 45.2. The number of esters is 1. The third kappa shape index (κ3) is 8.42. The number of fused-ring (bicyclic) bond motifs is 13. The zero-order valence-corrected chi connectivity index (χ0v) is 48.6. The molecule has 422 valence electrons. The van der Waals surface area contributed by atoms with Crippen molar-refractivity contribution in [3.63, 3.8) is 0 Å². The summed E-state index contributed by atoms with van der Waals surface area (Å²) in [5.41, 5.74) is 9.91. The summed E-state index contributed by atoms with van der Waals surface area (Å²) in [5, 5.41) is 9.93. The minimum absolute atomic E-state index is 0.0303. The Hall–Kier alpha value is -3.90. The van der Waals surface area contributed by atoms with Crippen LogP contribution < -0.4 is 10.9 Å². The molecule has 0 amide bonds. The number of ether oxygens (including phenoxy) is 3. The van der Waals surface area contributed by atoms with Gasteiger partial charge in [0.05, 0.1) is 42.6 Å². The summed E-state index contributed by atoms with van der Waals surface area (Å²) in [7, 11) is 1.37. The van der Waals surface area contributed by atoms with Crippen molar-refractivity contribution in [2.24, 2.45) is 81.8 Å². The number of H-pyrrole nitrogens is 2. The fourth-order valence-corrected chi connectivity index (χ4v) is 21.2. The van der Waals surface area contributed by atoms with Gasteiger partial charge in [-0.25, -0.2) is 4.79 Å². The molecular formula is C67H92N4O7. The number of aromatic amines is 2. The van der Waals surface area contributed by atoms with E-state index in [9.17, 15) is 19.2 Å². The van der Waals surface area contributed by atoms with Gasteiger partial charge in [0.25, 0.3) is 5.56 Å². The molecule has 11 nitrogen and oxygen atoms in total. The average molecular weight is 1070 g/mol. The van der Waals surface area contributed by atoms with Crippen LogP contribution in [-0.4, -0.2) is 94.9 Å². The molecule has 4 saturated heterocycles. The van der Waals surface area contributed by atoms with Crippen LogP contribution in [0, 0.1) is 81.8 Å². The number of carbonyl (C=O) groups excluding carboxylic acids is 3. The smallest absolute Gasteiger partial charge is 0.341 e. The first-order chi connectivity index (χ1) is 37.3. The monoisotopic (exact) mass is 1060 g/mol. The van der Waals surface area contributed by atoms with E-state index in [1.54, 1.807) is 16.7 Å². The molecule has 2 aromatic rings. The van der Waals surface area contributed by atoms with E-state index in [4.69, 9.17) is 14.2 Å². The third-order valence-electron chi connectivity index (χ3n) is 25.2. The van der Waals surface area contributed by atoms with Gasteiger partial charge in [0.15, 0.2) is 11.6 Å². The molecule has 3 N–H and O–H groups in total. The number of hydrogen-bond acceptors (Lipinski definition) is 9. The number of aromatic nitrogens is 2. The summed E-state index contributed by atoms with van der Waals surface area (Å²) in [6.45, 7) is 21.7. The number of hydrogen-bond donors (Lipinski definition) is 3. The number of benzene rings is 1. The number of allylic oxidation sites excluding steroid dienone is 3. The van der Waals surface area contributed by atoms with E-state index in [-0.39, 0.29) is 56.9 Å². The number of rotatable bonds is 4. The first-order valence-corrected chi connectivity index (χ1v) is 31.2. The number of Topliss-reactive ketones (excluding diaryl/α,β-unsaturated/α-hetero) is 2. The highest BCUT2D eigenvalue weighted by Gasteiger charge is 2.62. The molecule has 8 fully saturated rings. The Balaban J connectivity index is 0.000000153. The van der Waals surface area contributed by atoms with Crippen molar-refractivity contribution in [1.82, 2.24) is 20.4 Å². The summed E-state index contributed by atoms with van der Waals surface area (Å²) in [6.07, 6.45) is 21.3. The van der Waals surface area contributed by atoms with Crippen LogP contribution in [-0.2, 0) is 36.6 Å². The van der Waals surface area contributed by atoms with E-state index in [1.807, 2.05) is 36.4 Å². The van der Waals surface area contributed by atoms with Gasteiger partial charge >= 0.3 is 5.97 Å². The van der Waals surface area contributed by atoms with E-state index < -0.39 is 5.97 Å². The summed E-state index contributed by atoms with van der Waals surface area (Å²) in [5.74, 6) is 6.61. The molecule has 20 atom stereocenters. The van der Waals surface area contributed by atoms with Gasteiger partial charge in [-0.05, 0) is 193 Å². The van der Waals surface area contributed by atoms with E-state index in [1.165, 1.54) is 56.9 Å². The second-order valence-corrected chi connectivity index (χ2v) is 29.1. The minimum Gasteiger partial charge on any atom is -0.465 e. The van der Waals surface area contributed by atoms with Gasteiger partial charge in [0, 0.05) is 53.7 Å². The van der Waals surface area contributed by atoms with Crippen LogP contribution >= 0.6 is 0 Å². The van der Waals surface area contributed by atoms with Crippen LogP contribution in [0.15, 0.2) is 69.1 Å². The molecular weight excluding hydrogens is 973 g/mol. The van der Waals surface area contributed by atoms with E-state index in [0.717, 1.165) is 106 Å². The lowest BCUT2D eigenvalue weighted by Gasteiger charge is -2.52. The Morgan fingerprint density at radius 3 is 2.08 bits per heavy atom. The van der Waals surface area contributed by atoms with E-state index in [2.05, 4.69) is 75.8 Å². The van der Waals surface area contributed by atoms with Crippen LogP contribution in [0.2, 0.25) is 0 Å². The number of piperidine rings is 2. The van der Waals surface area contributed by atoms with Gasteiger partial charge in [0.2, 0.25) is 0 Å². The van der Waals surface area contributed by atoms with Gasteiger partial charge in [0.1, 0.15) is 0 Å². The lowest BCUT2D eigenvalue weighted by Crippen LogP contribution is -2.53. The lowest BCUT2D eigenvalue weighted by molar-refractivity contribution is -0.139. The number of methoxy groups -OCH3 is 1. The van der Waals surface area contributed by atoms with Crippen molar-refractivity contribution in [3.8, 4) is 0 Å². The predicted octanol–water partition coefficient (Wildman–Crippen LogP) is 11.3. The second-order valence-electron chi connectivity index (χ2n) is 29.1. The molecule has 0 bridgehead atoms. The van der Waals surface area contributed by atoms with Crippen LogP contribution in [0.25, 0.3) is 0 Å². The molecule has 0 unspecified atom stereocenters. The quantitative estimate of drug-likeness (QED) is 0.118. The van der Waals surface area contributed by atoms with Crippen LogP contribution in [0.5, 0.6) is 0 Å². The van der Waals surface area contributed by atoms with Gasteiger partial charge < -0.3 is 24.6 Å². The van der Waals surface area contributed by atoms with Crippen LogP contribution in [0.3, 0.4) is 0 Å². The summed E-state index contributed by atoms with van der Waals surface area (Å²) < 4.78 is 19.3. The lowest BCUT2D eigenvalue weighted by atomic mass is 9.52. The molecule has 78 heavy (non-hydrogen) atoms. The summed E-state index contributed by atoms with van der Waals surface area (Å²) in [4.78, 5) is 53.7. The zero-order valence-electron chi connectivity index (χ0n) is 48.6. The largest absolute Gasteiger partial charge is 0.465 e. The first kappa shape index (κ1) is 53.4. The molecule has 4 aliphatic heterocycles. The maximum absolute atomic E-state index is 13.3. The molecule has 12 aliphatic rings. The van der Waals surface area contributed by atoms with Gasteiger partial charge in [-0.1, -0.05) is 100 Å². The van der Waals surface area contributed by atoms with Crippen LogP contribution in [0.4, 0.5) is 0 Å². The maximum atomic E-state index is 13.3. The highest BCUT2D eigenvalue weighted by molar-refractivity contribution is 6.18. The Kier molecular flexibility index (Phi) is 13.4. The van der Waals surface area contributed by atoms with Gasteiger partial charge in [-0.15, -0.1) is 0 Å². The second kappa shape index (κ2) is 19.6. The molecule has 0 radical (unpaired) electrons. The molecule has 5 heterocycles. The van der Waals surface area contributed by atoms with Crippen LogP contribution in [0.1, 0.15) is 173 Å². The number of nitrogens with zero attached hydrogens (tertiary/aromatic N) is 1. The van der Waals surface area contributed by atoms with Crippen molar-refractivity contribution in [2.75, 3.05) is 26.7 Å². The van der Waals surface area contributed by atoms with Gasteiger partial charge in [-0.3, -0.25) is 24.4 Å². The Morgan fingerprint density at radius 2 is 1.37 bits per heavy atom. The van der Waals surface area contributed by atoms with E-state index >= 15 is 0 Å². The standard InChI is InChI=1S/C38H49NO5.C29H43N3O2/c1-22-15-34-35(39(20-22)21-33(41)25-9-7-6-8-10-25)24(3)38(44-34)14-13-27-28-12-11-26-16-32(40)30(36(42)43-5)19-37(26,4)31(28)17-29(27)23(2)18-38;1-15-9-25-26(30-14-15)17(3)29(34-25)8-7-19-20-6-5-18-10-24-22(27(33)32-31-24)13-28(18,4)23(20)11-21(19)16(2)12-29/h6-10,19,22,24,26-28,31,34-35H,11-18,20-21H2,1-5H3;15,17-20,23,25-26,30H,5-14H2,1-4H3,(H2,31,32,33)/t22-,24+,26+,27-,28-,31-,34+,35-,37-,38-;15-,17+,18+,19-,20-,23-,25+,26-,28-,29-/m00/s1. The third-order valence-corrected chi connectivity index (χ3v) is 25.2. The molecule has 4 saturated carbocycles. The van der Waals surface area contributed by atoms with Crippen molar-refractivity contribution >= 4 is 17.5 Å². The van der Waals surface area contributed by atoms with E-state index in [0.29, 0.717) is 78.4 Å². The van der Waals surface area contributed by atoms with Crippen molar-refractivity contribution in [2.45, 2.75) is 200 Å². The molecule has 1 aromatic carbocycles. The molecule has 1 aromatic heterocycles. The summed E-state index contributed by atoms with van der Waals surface area (Å²) in [6, 6.07) is 10.5. The predicted molar refractivity (Wildman–Crippen MR) is 303 cm³/mol. The first-order valence-electron chi connectivity index (χ1n) is 31.2. The zero-order chi connectivity index (χ0) is 54.4. The molecule has 2 spiro atoms. The van der Waals surface area contributed by atoms with Gasteiger partial charge in [-0.2, -0.15) is 0 Å². The van der Waals surface area contributed by atoms with Crippen molar-refractivity contribution in [3.05, 3.63) is 91.4 Å². The van der Waals surface area contributed by atoms with Crippen molar-refractivity contribution in [1.29, 1.82) is 0 Å².